The number of thioether (sulfide) groups is 1. The Labute approximate surface area is 177 Å². The molecular formula is C18H13FN6OS3. The molecule has 2 N–H and O–H groups in total. The van der Waals surface area contributed by atoms with Gasteiger partial charge in [-0.25, -0.2) is 4.39 Å². The van der Waals surface area contributed by atoms with Gasteiger partial charge in [-0.05, 0) is 36.4 Å². The van der Waals surface area contributed by atoms with E-state index in [1.807, 2.05) is 30.3 Å². The van der Waals surface area contributed by atoms with Gasteiger partial charge in [0.05, 0.1) is 5.75 Å². The van der Waals surface area contributed by atoms with Gasteiger partial charge in [-0.3, -0.25) is 4.79 Å². The van der Waals surface area contributed by atoms with E-state index in [2.05, 4.69) is 31.0 Å². The minimum absolute atomic E-state index is 0.244. The Kier molecular flexibility index (Phi) is 6.08. The fourth-order valence-corrected chi connectivity index (χ4v) is 4.70. The average Bonchev–Trinajstić information content (AvgIpc) is 3.38. The second kappa shape index (κ2) is 9.07. The Morgan fingerprint density at radius 1 is 0.931 bits per heavy atom. The second-order valence-corrected chi connectivity index (χ2v) is 8.88. The van der Waals surface area contributed by atoms with Crippen LogP contribution in [0.15, 0.2) is 58.9 Å². The fourth-order valence-electron chi connectivity index (χ4n) is 2.21. The minimum atomic E-state index is -0.379. The van der Waals surface area contributed by atoms with Crippen molar-refractivity contribution in [2.75, 3.05) is 10.6 Å². The van der Waals surface area contributed by atoms with Crippen molar-refractivity contribution in [3.05, 3.63) is 70.4 Å². The topological polar surface area (TPSA) is 92.7 Å². The summed E-state index contributed by atoms with van der Waals surface area (Å²) in [6.07, 6.45) is 0. The van der Waals surface area contributed by atoms with Crippen molar-refractivity contribution >= 4 is 56.8 Å². The van der Waals surface area contributed by atoms with Crippen LogP contribution in [0.2, 0.25) is 0 Å². The summed E-state index contributed by atoms with van der Waals surface area (Å²) in [4.78, 5) is 12.2. The third kappa shape index (κ3) is 5.34. The first-order valence-corrected chi connectivity index (χ1v) is 11.0. The number of benzene rings is 2. The van der Waals surface area contributed by atoms with Gasteiger partial charge in [0.25, 0.3) is 5.91 Å². The summed E-state index contributed by atoms with van der Waals surface area (Å²) >= 11 is 4.12. The predicted molar refractivity (Wildman–Crippen MR) is 113 cm³/mol. The molecule has 4 aromatic rings. The number of carbonyl (C=O) groups excluding carboxylic acids is 1. The van der Waals surface area contributed by atoms with Gasteiger partial charge < -0.3 is 10.6 Å². The Bertz CT molecular complexity index is 1100. The van der Waals surface area contributed by atoms with Crippen molar-refractivity contribution in [3.63, 3.8) is 0 Å². The van der Waals surface area contributed by atoms with E-state index >= 15 is 0 Å². The van der Waals surface area contributed by atoms with Crippen LogP contribution in [0.3, 0.4) is 0 Å². The van der Waals surface area contributed by atoms with Gasteiger partial charge in [-0.15, -0.1) is 20.4 Å². The van der Waals surface area contributed by atoms with Gasteiger partial charge in [0.2, 0.25) is 10.1 Å². The van der Waals surface area contributed by atoms with E-state index in [0.29, 0.717) is 21.6 Å². The van der Waals surface area contributed by atoms with Gasteiger partial charge in [0.15, 0.2) is 4.34 Å². The Morgan fingerprint density at radius 3 is 2.52 bits per heavy atom. The molecule has 2 aromatic carbocycles. The highest BCUT2D eigenvalue weighted by molar-refractivity contribution is 8.00. The number of para-hydroxylation sites is 1. The highest BCUT2D eigenvalue weighted by Gasteiger charge is 2.14. The molecule has 0 aliphatic carbocycles. The lowest BCUT2D eigenvalue weighted by atomic mass is 10.3. The van der Waals surface area contributed by atoms with Crippen LogP contribution in [-0.4, -0.2) is 26.3 Å². The molecule has 0 radical (unpaired) electrons. The maximum Gasteiger partial charge on any atom is 0.286 e. The molecule has 0 unspecified atom stereocenters. The molecular weight excluding hydrogens is 431 g/mol. The molecule has 0 saturated carbocycles. The van der Waals surface area contributed by atoms with E-state index in [1.54, 1.807) is 0 Å². The van der Waals surface area contributed by atoms with Crippen LogP contribution in [0.1, 0.15) is 14.8 Å². The molecule has 2 heterocycles. The molecule has 0 saturated heterocycles. The van der Waals surface area contributed by atoms with E-state index in [4.69, 9.17) is 0 Å². The van der Waals surface area contributed by atoms with Crippen LogP contribution in [0.25, 0.3) is 0 Å². The summed E-state index contributed by atoms with van der Waals surface area (Å²) in [5.74, 6) is -0.214. The van der Waals surface area contributed by atoms with E-state index < -0.39 is 0 Å². The summed E-state index contributed by atoms with van der Waals surface area (Å²) in [7, 11) is 0. The minimum Gasteiger partial charge on any atom is -0.330 e. The first-order valence-electron chi connectivity index (χ1n) is 8.33. The zero-order valence-electron chi connectivity index (χ0n) is 14.7. The third-order valence-corrected chi connectivity index (χ3v) is 6.60. The first kappa shape index (κ1) is 19.4. The van der Waals surface area contributed by atoms with Gasteiger partial charge in [0.1, 0.15) is 10.8 Å². The first-order chi connectivity index (χ1) is 14.2. The van der Waals surface area contributed by atoms with Crippen molar-refractivity contribution in [1.82, 2.24) is 20.4 Å². The summed E-state index contributed by atoms with van der Waals surface area (Å²) in [5, 5.41) is 23.8. The van der Waals surface area contributed by atoms with Gasteiger partial charge in [0, 0.05) is 11.4 Å². The van der Waals surface area contributed by atoms with Crippen molar-refractivity contribution in [1.29, 1.82) is 0 Å². The third-order valence-electron chi connectivity index (χ3n) is 3.51. The number of halogens is 1. The monoisotopic (exact) mass is 444 g/mol. The molecule has 2 aromatic heterocycles. The second-order valence-electron chi connectivity index (χ2n) is 5.61. The van der Waals surface area contributed by atoms with Crippen molar-refractivity contribution in [2.24, 2.45) is 0 Å². The lowest BCUT2D eigenvalue weighted by molar-refractivity contribution is 0.102. The maximum atomic E-state index is 12.9. The molecule has 0 spiro atoms. The van der Waals surface area contributed by atoms with Crippen LogP contribution in [0, 0.1) is 5.82 Å². The Balaban J connectivity index is 1.31. The Morgan fingerprint density at radius 2 is 1.72 bits per heavy atom. The number of nitrogens with zero attached hydrogens (tertiary/aromatic N) is 4. The lowest BCUT2D eigenvalue weighted by Crippen LogP contribution is -2.11. The zero-order chi connectivity index (χ0) is 20.1. The van der Waals surface area contributed by atoms with E-state index in [0.717, 1.165) is 10.0 Å². The molecule has 0 atom stereocenters. The number of hydrogen-bond donors (Lipinski definition) is 2. The average molecular weight is 445 g/mol. The SMILES string of the molecule is O=C(Nc1ccc(F)cc1)c1nnc(CSc2nnc(Nc3ccccc3)s2)s1. The predicted octanol–water partition coefficient (Wildman–Crippen LogP) is 4.82. The molecule has 4 rings (SSSR count). The number of nitrogens with one attached hydrogen (secondary N) is 2. The van der Waals surface area contributed by atoms with Crippen LogP contribution < -0.4 is 10.6 Å². The molecule has 0 aliphatic heterocycles. The molecule has 0 fully saturated rings. The molecule has 1 amide bonds. The quantitative estimate of drug-likeness (QED) is 0.395. The Hall–Kier alpha value is -2.89. The highest BCUT2D eigenvalue weighted by atomic mass is 32.2. The summed E-state index contributed by atoms with van der Waals surface area (Å²) in [6, 6.07) is 15.3. The lowest BCUT2D eigenvalue weighted by Gasteiger charge is -2.01. The molecule has 7 nitrogen and oxygen atoms in total. The largest absolute Gasteiger partial charge is 0.330 e. The number of aromatic nitrogens is 4. The van der Waals surface area contributed by atoms with Gasteiger partial charge >= 0.3 is 0 Å². The molecule has 146 valence electrons. The number of amides is 1. The van der Waals surface area contributed by atoms with Crippen LogP contribution in [-0.2, 0) is 5.75 Å². The van der Waals surface area contributed by atoms with Crippen LogP contribution in [0.4, 0.5) is 20.9 Å². The summed E-state index contributed by atoms with van der Waals surface area (Å²) in [6.45, 7) is 0. The number of anilines is 3. The number of hydrogen-bond acceptors (Lipinski definition) is 9. The maximum absolute atomic E-state index is 12.9. The number of rotatable bonds is 7. The molecule has 29 heavy (non-hydrogen) atoms. The zero-order valence-corrected chi connectivity index (χ0v) is 17.2. The highest BCUT2D eigenvalue weighted by Crippen LogP contribution is 2.30. The molecule has 11 heteroatoms. The fraction of sp³-hybridized carbons (Fsp3) is 0.0556. The smallest absolute Gasteiger partial charge is 0.286 e. The number of carbonyl (C=O) groups is 1. The summed E-state index contributed by atoms with van der Waals surface area (Å²) in [5.41, 5.74) is 1.44. The van der Waals surface area contributed by atoms with Crippen molar-refractivity contribution in [2.45, 2.75) is 10.1 Å². The van der Waals surface area contributed by atoms with Gasteiger partial charge in [-0.2, -0.15) is 0 Å². The molecule has 0 bridgehead atoms. The standard InChI is InChI=1S/C18H13FN6OS3/c19-11-6-8-13(9-7-11)20-15(26)16-23-22-14(28-16)10-27-18-25-24-17(29-18)21-12-4-2-1-3-5-12/h1-9H,10H2,(H,20,26)(H,21,24). The van der Waals surface area contributed by atoms with E-state index in [-0.39, 0.29) is 16.7 Å². The van der Waals surface area contributed by atoms with E-state index in [1.165, 1.54) is 58.7 Å². The molecule has 0 aliphatic rings. The van der Waals surface area contributed by atoms with E-state index in [9.17, 15) is 9.18 Å². The normalized spacial score (nSPS) is 10.7. The van der Waals surface area contributed by atoms with Crippen LogP contribution >= 0.6 is 34.4 Å². The summed E-state index contributed by atoms with van der Waals surface area (Å²) < 4.78 is 13.7. The van der Waals surface area contributed by atoms with Crippen molar-refractivity contribution in [3.8, 4) is 0 Å². The van der Waals surface area contributed by atoms with Gasteiger partial charge in [-0.1, -0.05) is 52.6 Å². The van der Waals surface area contributed by atoms with Crippen molar-refractivity contribution < 1.29 is 9.18 Å². The van der Waals surface area contributed by atoms with Crippen LogP contribution in [0.5, 0.6) is 0 Å².